The van der Waals surface area contributed by atoms with Crippen molar-refractivity contribution in [1.29, 1.82) is 0 Å². The number of hydrogen-bond acceptors (Lipinski definition) is 8. The Bertz CT molecular complexity index is 323. The smallest absolute Gasteiger partial charge is 0.319 e. The van der Waals surface area contributed by atoms with Gasteiger partial charge in [0.25, 0.3) is 0 Å². The third-order valence-electron chi connectivity index (χ3n) is 2.21. The molecule has 1 amide bonds. The van der Waals surface area contributed by atoms with E-state index < -0.39 is 49.4 Å². The van der Waals surface area contributed by atoms with Crippen molar-refractivity contribution in [2.24, 2.45) is 5.73 Å². The zero-order chi connectivity index (χ0) is 15.0. The van der Waals surface area contributed by atoms with Gasteiger partial charge in [0.2, 0.25) is 5.91 Å². The van der Waals surface area contributed by atoms with Gasteiger partial charge in [0, 0.05) is 6.92 Å². The van der Waals surface area contributed by atoms with Gasteiger partial charge in [0.05, 0.1) is 6.54 Å². The highest BCUT2D eigenvalue weighted by molar-refractivity contribution is 5.77. The van der Waals surface area contributed by atoms with Gasteiger partial charge in [-0.05, 0) is 0 Å². The predicted molar refractivity (Wildman–Crippen MR) is 61.7 cm³/mol. The van der Waals surface area contributed by atoms with Gasteiger partial charge in [-0.15, -0.1) is 0 Å². The molecule has 4 atom stereocenters. The maximum absolute atomic E-state index is 10.8. The van der Waals surface area contributed by atoms with Crippen LogP contribution in [0.3, 0.4) is 0 Å². The van der Waals surface area contributed by atoms with Crippen molar-refractivity contribution < 1.29 is 34.4 Å². The Hall–Kier alpha value is -1.55. The molecular formula is C10H18N2O7. The van der Waals surface area contributed by atoms with Crippen LogP contribution in [0.2, 0.25) is 0 Å². The molecule has 0 radical (unpaired) electrons. The van der Waals surface area contributed by atoms with Gasteiger partial charge in [0.1, 0.15) is 37.2 Å². The van der Waals surface area contributed by atoms with Crippen molar-refractivity contribution >= 4 is 18.2 Å². The van der Waals surface area contributed by atoms with Crippen molar-refractivity contribution in [3.05, 3.63) is 0 Å². The standard InChI is InChI=1S/C10H18N2O7/c1-5(14)12-6(3-13)9(17)10(18)7(15)4-19-8(16)2-11/h3,6-7,9-10,15,17-18H,2,4,11H2,1H3,(H,12,14)/t6-,7+,9+,10+/m0/s1. The van der Waals surface area contributed by atoms with Crippen LogP contribution < -0.4 is 11.1 Å². The number of aldehydes is 1. The van der Waals surface area contributed by atoms with Gasteiger partial charge < -0.3 is 35.9 Å². The molecule has 0 unspecified atom stereocenters. The second kappa shape index (κ2) is 8.53. The van der Waals surface area contributed by atoms with E-state index in [0.717, 1.165) is 6.92 Å². The Balaban J connectivity index is 4.42. The molecule has 0 spiro atoms. The highest BCUT2D eigenvalue weighted by Gasteiger charge is 2.32. The molecule has 0 fully saturated rings. The van der Waals surface area contributed by atoms with Gasteiger partial charge in [0.15, 0.2) is 0 Å². The number of aliphatic hydroxyl groups excluding tert-OH is 3. The molecular weight excluding hydrogens is 260 g/mol. The van der Waals surface area contributed by atoms with Crippen LogP contribution in [0.1, 0.15) is 6.92 Å². The second-order valence-corrected chi connectivity index (χ2v) is 3.80. The molecule has 6 N–H and O–H groups in total. The number of aliphatic hydroxyl groups is 3. The first-order chi connectivity index (χ1) is 8.83. The molecule has 0 aromatic carbocycles. The monoisotopic (exact) mass is 278 g/mol. The van der Waals surface area contributed by atoms with Crippen LogP contribution in [0.15, 0.2) is 0 Å². The number of nitrogens with two attached hydrogens (primary N) is 1. The lowest BCUT2D eigenvalue weighted by Crippen LogP contribution is -2.53. The van der Waals surface area contributed by atoms with E-state index in [4.69, 9.17) is 5.73 Å². The Morgan fingerprint density at radius 1 is 1.32 bits per heavy atom. The minimum Gasteiger partial charge on any atom is -0.462 e. The normalized spacial score (nSPS) is 16.9. The van der Waals surface area contributed by atoms with Crippen LogP contribution in [-0.4, -0.2) is 71.0 Å². The topological polar surface area (TPSA) is 159 Å². The van der Waals surface area contributed by atoms with Crippen molar-refractivity contribution in [3.8, 4) is 0 Å². The van der Waals surface area contributed by atoms with Gasteiger partial charge in [-0.1, -0.05) is 0 Å². The van der Waals surface area contributed by atoms with Crippen LogP contribution >= 0.6 is 0 Å². The molecule has 0 saturated carbocycles. The Kier molecular flexibility index (Phi) is 7.84. The quantitative estimate of drug-likeness (QED) is 0.224. The summed E-state index contributed by atoms with van der Waals surface area (Å²) in [5.74, 6) is -1.39. The molecule has 0 rings (SSSR count). The van der Waals surface area contributed by atoms with E-state index in [0.29, 0.717) is 0 Å². The van der Waals surface area contributed by atoms with E-state index in [-0.39, 0.29) is 6.29 Å². The van der Waals surface area contributed by atoms with Crippen molar-refractivity contribution in [3.63, 3.8) is 0 Å². The maximum Gasteiger partial charge on any atom is 0.319 e. The summed E-state index contributed by atoms with van der Waals surface area (Å²) < 4.78 is 4.46. The molecule has 0 bridgehead atoms. The average Bonchev–Trinajstić information content (AvgIpc) is 2.39. The molecule has 0 aromatic rings. The molecule has 9 heteroatoms. The lowest BCUT2D eigenvalue weighted by atomic mass is 10.0. The molecule has 0 aliphatic heterocycles. The van der Waals surface area contributed by atoms with Crippen molar-refractivity contribution in [1.82, 2.24) is 5.32 Å². The first kappa shape index (κ1) is 17.4. The Morgan fingerprint density at radius 3 is 2.32 bits per heavy atom. The summed E-state index contributed by atoms with van der Waals surface area (Å²) in [4.78, 5) is 32.1. The second-order valence-electron chi connectivity index (χ2n) is 3.80. The molecule has 0 saturated heterocycles. The number of amides is 1. The molecule has 19 heavy (non-hydrogen) atoms. The predicted octanol–water partition coefficient (Wildman–Crippen LogP) is -3.73. The number of hydrogen-bond donors (Lipinski definition) is 5. The number of nitrogens with one attached hydrogen (secondary N) is 1. The lowest BCUT2D eigenvalue weighted by molar-refractivity contribution is -0.151. The zero-order valence-corrected chi connectivity index (χ0v) is 10.4. The molecule has 110 valence electrons. The zero-order valence-electron chi connectivity index (χ0n) is 10.4. The molecule has 0 aromatic heterocycles. The van der Waals surface area contributed by atoms with Gasteiger partial charge in [-0.2, -0.15) is 0 Å². The fourth-order valence-corrected chi connectivity index (χ4v) is 1.21. The summed E-state index contributed by atoms with van der Waals surface area (Å²) in [5, 5.41) is 30.7. The number of rotatable bonds is 8. The third kappa shape index (κ3) is 6.25. The van der Waals surface area contributed by atoms with E-state index in [2.05, 4.69) is 10.1 Å². The Labute approximate surface area is 109 Å². The molecule has 9 nitrogen and oxygen atoms in total. The van der Waals surface area contributed by atoms with Gasteiger partial charge in [-0.3, -0.25) is 9.59 Å². The van der Waals surface area contributed by atoms with E-state index in [1.54, 1.807) is 0 Å². The van der Waals surface area contributed by atoms with E-state index >= 15 is 0 Å². The first-order valence-electron chi connectivity index (χ1n) is 5.45. The summed E-state index contributed by atoms with van der Waals surface area (Å²) in [6.45, 7) is 0.128. The maximum atomic E-state index is 10.8. The summed E-state index contributed by atoms with van der Waals surface area (Å²) in [6, 6.07) is -1.38. The fraction of sp³-hybridized carbons (Fsp3) is 0.700. The fourth-order valence-electron chi connectivity index (χ4n) is 1.21. The van der Waals surface area contributed by atoms with E-state index in [1.165, 1.54) is 0 Å². The largest absolute Gasteiger partial charge is 0.462 e. The molecule has 0 aliphatic carbocycles. The average molecular weight is 278 g/mol. The molecule has 0 aliphatic rings. The summed E-state index contributed by atoms with van der Waals surface area (Å²) in [6.07, 6.45) is -4.93. The van der Waals surface area contributed by atoms with E-state index in [1.807, 2.05) is 0 Å². The number of carbonyl (C=O) groups is 3. The first-order valence-corrected chi connectivity index (χ1v) is 5.45. The minimum absolute atomic E-state index is 0.216. The Morgan fingerprint density at radius 2 is 1.89 bits per heavy atom. The summed E-state index contributed by atoms with van der Waals surface area (Å²) >= 11 is 0. The highest BCUT2D eigenvalue weighted by atomic mass is 16.5. The van der Waals surface area contributed by atoms with Crippen molar-refractivity contribution in [2.45, 2.75) is 31.3 Å². The van der Waals surface area contributed by atoms with Gasteiger partial charge >= 0.3 is 5.97 Å². The summed E-state index contributed by atoms with van der Waals surface area (Å²) in [7, 11) is 0. The van der Waals surface area contributed by atoms with Crippen LogP contribution in [-0.2, 0) is 19.1 Å². The number of ether oxygens (including phenoxy) is 1. The van der Waals surface area contributed by atoms with Gasteiger partial charge in [-0.25, -0.2) is 0 Å². The van der Waals surface area contributed by atoms with E-state index in [9.17, 15) is 29.7 Å². The highest BCUT2D eigenvalue weighted by Crippen LogP contribution is 2.05. The molecule has 0 heterocycles. The number of carbonyl (C=O) groups excluding carboxylic acids is 3. The minimum atomic E-state index is -1.78. The van der Waals surface area contributed by atoms with Crippen LogP contribution in [0.25, 0.3) is 0 Å². The number of esters is 1. The SMILES string of the molecule is CC(=O)N[C@@H](C=O)[C@@H](O)[C@H](O)[C@H](O)COC(=O)CN. The summed E-state index contributed by atoms with van der Waals surface area (Å²) in [5.41, 5.74) is 4.96. The lowest BCUT2D eigenvalue weighted by Gasteiger charge is -2.26. The van der Waals surface area contributed by atoms with Crippen LogP contribution in [0.5, 0.6) is 0 Å². The third-order valence-corrected chi connectivity index (χ3v) is 2.21. The van der Waals surface area contributed by atoms with Crippen LogP contribution in [0.4, 0.5) is 0 Å². The van der Waals surface area contributed by atoms with Crippen LogP contribution in [0, 0.1) is 0 Å². The van der Waals surface area contributed by atoms with Crippen molar-refractivity contribution in [2.75, 3.05) is 13.2 Å².